The van der Waals surface area contributed by atoms with Crippen LogP contribution in [0.1, 0.15) is 24.1 Å². The van der Waals surface area contributed by atoms with Crippen LogP contribution in [0.5, 0.6) is 0 Å². The van der Waals surface area contributed by atoms with Crippen LogP contribution in [0.15, 0.2) is 4.42 Å². The van der Waals surface area contributed by atoms with Crippen LogP contribution in [0.25, 0.3) is 0 Å². The molecule has 5 nitrogen and oxygen atoms in total. The maximum Gasteiger partial charge on any atom is 0.221 e. The van der Waals surface area contributed by atoms with Crippen molar-refractivity contribution in [3.05, 3.63) is 11.8 Å². The summed E-state index contributed by atoms with van der Waals surface area (Å²) in [5.74, 6) is 1.23. The van der Waals surface area contributed by atoms with E-state index in [0.29, 0.717) is 24.7 Å². The molecule has 1 aromatic heterocycles. The molecule has 0 spiro atoms. The van der Waals surface area contributed by atoms with E-state index in [1.165, 1.54) is 0 Å². The summed E-state index contributed by atoms with van der Waals surface area (Å²) in [5.41, 5.74) is 0. The molecule has 64 valence electrons. The number of carbonyl (C=O) groups is 1. The molecule has 12 heavy (non-hydrogen) atoms. The minimum atomic E-state index is 0.0517. The Balaban J connectivity index is 2.15. The Morgan fingerprint density at radius 2 is 2.42 bits per heavy atom. The number of rotatable bonds is 1. The van der Waals surface area contributed by atoms with E-state index in [0.717, 1.165) is 0 Å². The fraction of sp³-hybridized carbons (Fsp3) is 0.571. The average Bonchev–Trinajstić information content (AvgIpc) is 2.58. The fourth-order valence-electron chi connectivity index (χ4n) is 1.26. The van der Waals surface area contributed by atoms with Crippen molar-refractivity contribution in [3.8, 4) is 0 Å². The lowest BCUT2D eigenvalue weighted by molar-refractivity contribution is -0.119. The number of amides is 1. The van der Waals surface area contributed by atoms with Crippen molar-refractivity contribution in [2.24, 2.45) is 0 Å². The van der Waals surface area contributed by atoms with Gasteiger partial charge in [-0.05, 0) is 0 Å². The van der Waals surface area contributed by atoms with Gasteiger partial charge < -0.3 is 9.73 Å². The van der Waals surface area contributed by atoms with E-state index in [1.54, 1.807) is 6.92 Å². The molecule has 0 aromatic carbocycles. The summed E-state index contributed by atoms with van der Waals surface area (Å²) in [5, 5.41) is 10.3. The molecule has 1 saturated heterocycles. The summed E-state index contributed by atoms with van der Waals surface area (Å²) < 4.78 is 5.20. The molecule has 1 atom stereocenters. The quantitative estimate of drug-likeness (QED) is 0.638. The first-order valence-electron chi connectivity index (χ1n) is 3.82. The van der Waals surface area contributed by atoms with E-state index in [1.807, 2.05) is 0 Å². The molecule has 5 heteroatoms. The van der Waals surface area contributed by atoms with Crippen LogP contribution in [0.2, 0.25) is 0 Å². The molecule has 1 aliphatic heterocycles. The van der Waals surface area contributed by atoms with Crippen LogP contribution in [0, 0.1) is 6.92 Å². The molecular formula is C7H9N3O2. The van der Waals surface area contributed by atoms with Crippen molar-refractivity contribution in [1.82, 2.24) is 15.5 Å². The van der Waals surface area contributed by atoms with Crippen molar-refractivity contribution in [3.63, 3.8) is 0 Å². The molecule has 2 heterocycles. The minimum Gasteiger partial charge on any atom is -0.425 e. The predicted molar refractivity (Wildman–Crippen MR) is 39.4 cm³/mol. The Morgan fingerprint density at radius 3 is 2.92 bits per heavy atom. The summed E-state index contributed by atoms with van der Waals surface area (Å²) in [4.78, 5) is 10.8. The van der Waals surface area contributed by atoms with Gasteiger partial charge in [0.1, 0.15) is 0 Å². The molecule has 1 aromatic rings. The molecule has 1 fully saturated rings. The van der Waals surface area contributed by atoms with Crippen molar-refractivity contribution < 1.29 is 9.21 Å². The Bertz CT molecular complexity index is 307. The predicted octanol–water partition coefficient (Wildman–Crippen LogP) is -0.0185. The van der Waals surface area contributed by atoms with Crippen LogP contribution < -0.4 is 5.32 Å². The number of hydrogen-bond acceptors (Lipinski definition) is 4. The number of nitrogens with one attached hydrogen (secondary N) is 1. The Kier molecular flexibility index (Phi) is 1.56. The number of aryl methyl sites for hydroxylation is 1. The highest BCUT2D eigenvalue weighted by atomic mass is 16.4. The van der Waals surface area contributed by atoms with E-state index in [2.05, 4.69) is 15.5 Å². The van der Waals surface area contributed by atoms with Gasteiger partial charge in [-0.2, -0.15) is 0 Å². The number of hydrogen-bond donors (Lipinski definition) is 1. The molecule has 1 aliphatic rings. The molecule has 0 aliphatic carbocycles. The third-order valence-corrected chi connectivity index (χ3v) is 1.87. The lowest BCUT2D eigenvalue weighted by atomic mass is 10.1. The summed E-state index contributed by atoms with van der Waals surface area (Å²) >= 11 is 0. The molecule has 0 bridgehead atoms. The lowest BCUT2D eigenvalue weighted by Crippen LogP contribution is -2.13. The summed E-state index contributed by atoms with van der Waals surface area (Å²) in [7, 11) is 0. The molecule has 0 saturated carbocycles. The van der Waals surface area contributed by atoms with Gasteiger partial charge in [-0.1, -0.05) is 0 Å². The second-order valence-electron chi connectivity index (χ2n) is 2.86. The first-order valence-corrected chi connectivity index (χ1v) is 3.82. The average molecular weight is 167 g/mol. The van der Waals surface area contributed by atoms with Gasteiger partial charge in [-0.15, -0.1) is 10.2 Å². The zero-order chi connectivity index (χ0) is 8.55. The van der Waals surface area contributed by atoms with E-state index in [-0.39, 0.29) is 11.8 Å². The summed E-state index contributed by atoms with van der Waals surface area (Å²) in [6.45, 7) is 2.35. The SMILES string of the molecule is Cc1nnc(C2CNC(=O)C2)o1. The van der Waals surface area contributed by atoms with Crippen molar-refractivity contribution >= 4 is 5.91 Å². The van der Waals surface area contributed by atoms with Crippen molar-refractivity contribution in [2.45, 2.75) is 19.3 Å². The van der Waals surface area contributed by atoms with Crippen LogP contribution in [0.3, 0.4) is 0 Å². The largest absolute Gasteiger partial charge is 0.425 e. The molecule has 1 N–H and O–H groups in total. The highest BCUT2D eigenvalue weighted by molar-refractivity contribution is 5.79. The van der Waals surface area contributed by atoms with Gasteiger partial charge in [0.05, 0.1) is 5.92 Å². The molecule has 2 rings (SSSR count). The first-order chi connectivity index (χ1) is 5.75. The number of aromatic nitrogens is 2. The second-order valence-corrected chi connectivity index (χ2v) is 2.86. The normalized spacial score (nSPS) is 22.8. The monoisotopic (exact) mass is 167 g/mol. The van der Waals surface area contributed by atoms with Crippen LogP contribution in [0.4, 0.5) is 0 Å². The van der Waals surface area contributed by atoms with Crippen molar-refractivity contribution in [1.29, 1.82) is 0 Å². The lowest BCUT2D eigenvalue weighted by Gasteiger charge is -1.97. The Hall–Kier alpha value is -1.39. The van der Waals surface area contributed by atoms with Crippen LogP contribution in [-0.4, -0.2) is 22.6 Å². The topological polar surface area (TPSA) is 68.0 Å². The third-order valence-electron chi connectivity index (χ3n) is 1.87. The second kappa shape index (κ2) is 2.58. The smallest absolute Gasteiger partial charge is 0.221 e. The van der Waals surface area contributed by atoms with Gasteiger partial charge in [0.2, 0.25) is 17.7 Å². The highest BCUT2D eigenvalue weighted by Gasteiger charge is 2.27. The van der Waals surface area contributed by atoms with E-state index >= 15 is 0 Å². The molecule has 0 radical (unpaired) electrons. The van der Waals surface area contributed by atoms with E-state index in [4.69, 9.17) is 4.42 Å². The maximum atomic E-state index is 10.8. The molecular weight excluding hydrogens is 158 g/mol. The van der Waals surface area contributed by atoms with Gasteiger partial charge in [0.15, 0.2) is 0 Å². The van der Waals surface area contributed by atoms with Crippen LogP contribution >= 0.6 is 0 Å². The third kappa shape index (κ3) is 1.17. The zero-order valence-corrected chi connectivity index (χ0v) is 6.70. The summed E-state index contributed by atoms with van der Waals surface area (Å²) in [6, 6.07) is 0. The first kappa shape index (κ1) is 7.27. The number of nitrogens with zero attached hydrogens (tertiary/aromatic N) is 2. The molecule has 1 unspecified atom stereocenters. The Labute approximate surface area is 69.2 Å². The van der Waals surface area contributed by atoms with Gasteiger partial charge in [0, 0.05) is 19.9 Å². The van der Waals surface area contributed by atoms with Gasteiger partial charge in [0.25, 0.3) is 0 Å². The Morgan fingerprint density at radius 1 is 1.58 bits per heavy atom. The van der Waals surface area contributed by atoms with Gasteiger partial charge in [-0.3, -0.25) is 4.79 Å². The van der Waals surface area contributed by atoms with E-state index < -0.39 is 0 Å². The standard InChI is InChI=1S/C7H9N3O2/c1-4-9-10-7(12-4)5-2-6(11)8-3-5/h5H,2-3H2,1H3,(H,8,11). The van der Waals surface area contributed by atoms with Crippen LogP contribution in [-0.2, 0) is 4.79 Å². The minimum absolute atomic E-state index is 0.0517. The highest BCUT2D eigenvalue weighted by Crippen LogP contribution is 2.20. The van der Waals surface area contributed by atoms with Gasteiger partial charge >= 0.3 is 0 Å². The summed E-state index contributed by atoms with van der Waals surface area (Å²) in [6.07, 6.45) is 0.460. The molecule has 1 amide bonds. The van der Waals surface area contributed by atoms with E-state index in [9.17, 15) is 4.79 Å². The van der Waals surface area contributed by atoms with Gasteiger partial charge in [-0.25, -0.2) is 0 Å². The zero-order valence-electron chi connectivity index (χ0n) is 6.70. The van der Waals surface area contributed by atoms with Crippen molar-refractivity contribution in [2.75, 3.05) is 6.54 Å². The maximum absolute atomic E-state index is 10.8. The number of carbonyl (C=O) groups excluding carboxylic acids is 1. The fourth-order valence-corrected chi connectivity index (χ4v) is 1.26.